The third-order valence-electron chi connectivity index (χ3n) is 3.53. The van der Waals surface area contributed by atoms with Crippen LogP contribution in [0.3, 0.4) is 0 Å². The first kappa shape index (κ1) is 18.9. The number of benzene rings is 2. The van der Waals surface area contributed by atoms with Gasteiger partial charge in [-0.3, -0.25) is 4.79 Å². The largest absolute Gasteiger partial charge is 0.497 e. The Bertz CT molecular complexity index is 744. The number of anilines is 1. The molecule has 6 heteroatoms. The highest BCUT2D eigenvalue weighted by atomic mass is 32.2. The molecule has 2 rings (SSSR count). The van der Waals surface area contributed by atoms with Crippen LogP contribution in [-0.2, 0) is 9.53 Å². The molecular weight excluding hydrogens is 338 g/mol. The van der Waals surface area contributed by atoms with Gasteiger partial charge in [-0.25, -0.2) is 4.79 Å². The van der Waals surface area contributed by atoms with Crippen LogP contribution in [-0.4, -0.2) is 31.3 Å². The molecule has 5 nitrogen and oxygen atoms in total. The van der Waals surface area contributed by atoms with Gasteiger partial charge in [0.05, 0.1) is 25.0 Å². The van der Waals surface area contributed by atoms with E-state index in [4.69, 9.17) is 9.47 Å². The van der Waals surface area contributed by atoms with Gasteiger partial charge < -0.3 is 14.8 Å². The molecule has 0 spiro atoms. The normalized spacial score (nSPS) is 10.2. The molecule has 0 radical (unpaired) electrons. The van der Waals surface area contributed by atoms with Crippen molar-refractivity contribution in [3.05, 3.63) is 53.6 Å². The lowest BCUT2D eigenvalue weighted by Gasteiger charge is -2.12. The fourth-order valence-corrected chi connectivity index (χ4v) is 2.91. The molecule has 0 saturated carbocycles. The monoisotopic (exact) mass is 359 g/mol. The predicted molar refractivity (Wildman–Crippen MR) is 99.5 cm³/mol. The number of thioether (sulfide) groups is 1. The predicted octanol–water partition coefficient (Wildman–Crippen LogP) is 3.91. The second-order valence-corrected chi connectivity index (χ2v) is 6.26. The zero-order chi connectivity index (χ0) is 18.2. The zero-order valence-electron chi connectivity index (χ0n) is 14.5. The second-order valence-electron chi connectivity index (χ2n) is 5.21. The van der Waals surface area contributed by atoms with E-state index in [9.17, 15) is 9.59 Å². The van der Waals surface area contributed by atoms with Crippen LogP contribution in [0.2, 0.25) is 0 Å². The van der Waals surface area contributed by atoms with Gasteiger partial charge in [-0.1, -0.05) is 6.07 Å². The van der Waals surface area contributed by atoms with Crippen molar-refractivity contribution in [2.24, 2.45) is 0 Å². The molecule has 0 aliphatic rings. The number of methoxy groups -OCH3 is 1. The SMILES string of the molecule is CCOC(=O)c1cccc(NC(=O)CSc2ccc(OC)cc2)c1C. The lowest BCUT2D eigenvalue weighted by Crippen LogP contribution is -2.16. The number of esters is 1. The standard InChI is InChI=1S/C19H21NO4S/c1-4-24-19(22)16-6-5-7-17(13(16)2)20-18(21)12-25-15-10-8-14(23-3)9-11-15/h5-11H,4,12H2,1-3H3,(H,20,21). The number of hydrogen-bond donors (Lipinski definition) is 1. The number of nitrogens with one attached hydrogen (secondary N) is 1. The van der Waals surface area contributed by atoms with E-state index in [0.29, 0.717) is 23.4 Å². The van der Waals surface area contributed by atoms with Crippen molar-refractivity contribution in [3.8, 4) is 5.75 Å². The van der Waals surface area contributed by atoms with Gasteiger partial charge in [0.25, 0.3) is 0 Å². The molecule has 0 fully saturated rings. The van der Waals surface area contributed by atoms with E-state index in [1.807, 2.05) is 24.3 Å². The summed E-state index contributed by atoms with van der Waals surface area (Å²) in [5.41, 5.74) is 1.78. The first-order valence-electron chi connectivity index (χ1n) is 7.88. The van der Waals surface area contributed by atoms with Crippen molar-refractivity contribution >= 4 is 29.3 Å². The number of ether oxygens (including phenoxy) is 2. The maximum absolute atomic E-state index is 12.2. The second kappa shape index (κ2) is 9.13. The van der Waals surface area contributed by atoms with E-state index in [1.54, 1.807) is 39.2 Å². The van der Waals surface area contributed by atoms with Gasteiger partial charge in [-0.2, -0.15) is 0 Å². The van der Waals surface area contributed by atoms with Gasteiger partial charge in [0.15, 0.2) is 0 Å². The van der Waals surface area contributed by atoms with Crippen LogP contribution in [0.4, 0.5) is 5.69 Å². The molecule has 1 N–H and O–H groups in total. The Morgan fingerprint density at radius 1 is 1.12 bits per heavy atom. The van der Waals surface area contributed by atoms with E-state index < -0.39 is 0 Å². The number of carbonyl (C=O) groups excluding carboxylic acids is 2. The molecule has 0 unspecified atom stereocenters. The zero-order valence-corrected chi connectivity index (χ0v) is 15.3. The number of carbonyl (C=O) groups is 2. The smallest absolute Gasteiger partial charge is 0.338 e. The Morgan fingerprint density at radius 3 is 2.48 bits per heavy atom. The van der Waals surface area contributed by atoms with Crippen molar-refractivity contribution in [2.75, 3.05) is 24.8 Å². The number of amides is 1. The van der Waals surface area contributed by atoms with Crippen LogP contribution in [0.15, 0.2) is 47.4 Å². The van der Waals surface area contributed by atoms with Crippen LogP contribution in [0, 0.1) is 6.92 Å². The highest BCUT2D eigenvalue weighted by Gasteiger charge is 2.14. The minimum Gasteiger partial charge on any atom is -0.497 e. The highest BCUT2D eigenvalue weighted by Crippen LogP contribution is 2.23. The third kappa shape index (κ3) is 5.26. The van der Waals surface area contributed by atoms with Crippen molar-refractivity contribution in [3.63, 3.8) is 0 Å². The summed E-state index contributed by atoms with van der Waals surface area (Å²) < 4.78 is 10.1. The van der Waals surface area contributed by atoms with E-state index in [1.165, 1.54) is 11.8 Å². The first-order chi connectivity index (χ1) is 12.0. The summed E-state index contributed by atoms with van der Waals surface area (Å²) in [4.78, 5) is 25.1. The van der Waals surface area contributed by atoms with Crippen molar-refractivity contribution < 1.29 is 19.1 Å². The van der Waals surface area contributed by atoms with Gasteiger partial charge in [0, 0.05) is 10.6 Å². The topological polar surface area (TPSA) is 64.6 Å². The fraction of sp³-hybridized carbons (Fsp3) is 0.263. The average Bonchev–Trinajstić information content (AvgIpc) is 2.62. The Kier molecular flexibility index (Phi) is 6.89. The summed E-state index contributed by atoms with van der Waals surface area (Å²) in [6.07, 6.45) is 0. The maximum atomic E-state index is 12.2. The molecule has 2 aromatic carbocycles. The summed E-state index contributed by atoms with van der Waals surface area (Å²) in [6, 6.07) is 12.7. The summed E-state index contributed by atoms with van der Waals surface area (Å²) in [5, 5.41) is 2.85. The Labute approximate surface area is 151 Å². The molecule has 25 heavy (non-hydrogen) atoms. The molecule has 1 amide bonds. The molecule has 0 heterocycles. The minimum absolute atomic E-state index is 0.134. The average molecular weight is 359 g/mol. The summed E-state index contributed by atoms with van der Waals surface area (Å²) in [5.74, 6) is 0.531. The fourth-order valence-electron chi connectivity index (χ4n) is 2.21. The third-order valence-corrected chi connectivity index (χ3v) is 4.54. The Hall–Kier alpha value is -2.47. The van der Waals surface area contributed by atoms with Crippen LogP contribution < -0.4 is 10.1 Å². The highest BCUT2D eigenvalue weighted by molar-refractivity contribution is 8.00. The van der Waals surface area contributed by atoms with E-state index >= 15 is 0 Å². The van der Waals surface area contributed by atoms with Crippen molar-refractivity contribution in [1.29, 1.82) is 0 Å². The van der Waals surface area contributed by atoms with Gasteiger partial charge in [0.2, 0.25) is 5.91 Å². The van der Waals surface area contributed by atoms with Crippen LogP contribution in [0.1, 0.15) is 22.8 Å². The van der Waals surface area contributed by atoms with Crippen LogP contribution in [0.25, 0.3) is 0 Å². The molecular formula is C19H21NO4S. The maximum Gasteiger partial charge on any atom is 0.338 e. The minimum atomic E-state index is -0.385. The lowest BCUT2D eigenvalue weighted by molar-refractivity contribution is -0.113. The van der Waals surface area contributed by atoms with Gasteiger partial charge >= 0.3 is 5.97 Å². The lowest BCUT2D eigenvalue weighted by atomic mass is 10.1. The molecule has 0 atom stereocenters. The molecule has 132 valence electrons. The van der Waals surface area contributed by atoms with Crippen molar-refractivity contribution in [2.45, 2.75) is 18.7 Å². The van der Waals surface area contributed by atoms with E-state index in [-0.39, 0.29) is 17.6 Å². The molecule has 0 aliphatic heterocycles. The molecule has 0 bridgehead atoms. The van der Waals surface area contributed by atoms with E-state index in [2.05, 4.69) is 5.32 Å². The Morgan fingerprint density at radius 2 is 1.84 bits per heavy atom. The molecule has 0 saturated heterocycles. The molecule has 0 aliphatic carbocycles. The van der Waals surface area contributed by atoms with Gasteiger partial charge in [0.1, 0.15) is 5.75 Å². The van der Waals surface area contributed by atoms with Crippen LogP contribution >= 0.6 is 11.8 Å². The van der Waals surface area contributed by atoms with E-state index in [0.717, 1.165) is 10.6 Å². The molecule has 0 aromatic heterocycles. The van der Waals surface area contributed by atoms with Crippen LogP contribution in [0.5, 0.6) is 5.75 Å². The number of rotatable bonds is 7. The van der Waals surface area contributed by atoms with Crippen molar-refractivity contribution in [1.82, 2.24) is 0 Å². The first-order valence-corrected chi connectivity index (χ1v) is 8.87. The summed E-state index contributed by atoms with van der Waals surface area (Å²) >= 11 is 1.43. The molecule has 2 aromatic rings. The van der Waals surface area contributed by atoms with Gasteiger partial charge in [-0.05, 0) is 55.8 Å². The summed E-state index contributed by atoms with van der Waals surface area (Å²) in [6.45, 7) is 3.86. The quantitative estimate of drug-likeness (QED) is 0.600. The number of hydrogen-bond acceptors (Lipinski definition) is 5. The Balaban J connectivity index is 1.97. The summed E-state index contributed by atoms with van der Waals surface area (Å²) in [7, 11) is 1.61. The van der Waals surface area contributed by atoms with Gasteiger partial charge in [-0.15, -0.1) is 11.8 Å².